The van der Waals surface area contributed by atoms with Gasteiger partial charge in [-0.3, -0.25) is 9.78 Å². The number of carbonyl (C=O) groups is 1. The summed E-state index contributed by atoms with van der Waals surface area (Å²) in [6.45, 7) is 1.23. The molecular weight excluding hydrogens is 271 g/mol. The Kier molecular flexibility index (Phi) is 3.92. The van der Waals surface area contributed by atoms with E-state index in [1.165, 1.54) is 12.3 Å². The van der Waals surface area contributed by atoms with Crippen molar-refractivity contribution in [3.05, 3.63) is 65.7 Å². The molecule has 2 aromatic rings. The summed E-state index contributed by atoms with van der Waals surface area (Å²) in [5, 5.41) is 0. The highest BCUT2D eigenvalue weighted by molar-refractivity contribution is 5.93. The van der Waals surface area contributed by atoms with Crippen LogP contribution in [-0.4, -0.2) is 35.5 Å². The molecule has 2 heterocycles. The van der Waals surface area contributed by atoms with Gasteiger partial charge < -0.3 is 9.64 Å². The summed E-state index contributed by atoms with van der Waals surface area (Å²) in [5.41, 5.74) is 1.02. The summed E-state index contributed by atoms with van der Waals surface area (Å²) in [5.74, 6) is -0.411. The van der Waals surface area contributed by atoms with Gasteiger partial charge in [0, 0.05) is 24.5 Å². The highest BCUT2D eigenvalue weighted by Gasteiger charge is 2.27. The number of hydrogen-bond acceptors (Lipinski definition) is 3. The summed E-state index contributed by atoms with van der Waals surface area (Å²) in [6, 6.07) is 9.95. The standard InChI is InChI=1S/C16H15FN2O2/c17-14-6-2-1-5-13(14)15-11-19(8-9-21-15)16(20)12-4-3-7-18-10-12/h1-7,10,15H,8-9,11H2. The largest absolute Gasteiger partial charge is 0.370 e. The van der Waals surface area contributed by atoms with Crippen molar-refractivity contribution < 1.29 is 13.9 Å². The van der Waals surface area contributed by atoms with Crippen LogP contribution in [0.15, 0.2) is 48.8 Å². The molecule has 0 spiro atoms. The lowest BCUT2D eigenvalue weighted by atomic mass is 10.1. The molecule has 21 heavy (non-hydrogen) atoms. The van der Waals surface area contributed by atoms with Gasteiger partial charge in [0.15, 0.2) is 0 Å². The predicted octanol–water partition coefficient (Wildman–Crippen LogP) is 2.43. The third kappa shape index (κ3) is 2.92. The smallest absolute Gasteiger partial charge is 0.255 e. The number of nitrogens with zero attached hydrogens (tertiary/aromatic N) is 2. The first-order chi connectivity index (χ1) is 10.3. The van der Waals surface area contributed by atoms with E-state index in [9.17, 15) is 9.18 Å². The molecule has 108 valence electrons. The highest BCUT2D eigenvalue weighted by Crippen LogP contribution is 2.25. The first-order valence-electron chi connectivity index (χ1n) is 6.81. The Morgan fingerprint density at radius 3 is 2.90 bits per heavy atom. The predicted molar refractivity (Wildman–Crippen MR) is 75.2 cm³/mol. The maximum Gasteiger partial charge on any atom is 0.255 e. The Morgan fingerprint density at radius 2 is 2.14 bits per heavy atom. The molecule has 5 heteroatoms. The first kappa shape index (κ1) is 13.7. The average Bonchev–Trinajstić information content (AvgIpc) is 2.55. The van der Waals surface area contributed by atoms with E-state index in [2.05, 4.69) is 4.98 Å². The molecule has 0 radical (unpaired) electrons. The monoisotopic (exact) mass is 286 g/mol. The summed E-state index contributed by atoms with van der Waals surface area (Å²) in [7, 11) is 0. The Bertz CT molecular complexity index is 633. The second-order valence-electron chi connectivity index (χ2n) is 4.87. The van der Waals surface area contributed by atoms with Crippen LogP contribution in [-0.2, 0) is 4.74 Å². The van der Waals surface area contributed by atoms with Gasteiger partial charge in [-0.15, -0.1) is 0 Å². The number of morpholine rings is 1. The maximum absolute atomic E-state index is 13.8. The highest BCUT2D eigenvalue weighted by atomic mass is 19.1. The molecule has 4 nitrogen and oxygen atoms in total. The molecular formula is C16H15FN2O2. The zero-order valence-electron chi connectivity index (χ0n) is 11.4. The summed E-state index contributed by atoms with van der Waals surface area (Å²) >= 11 is 0. The van der Waals surface area contributed by atoms with E-state index < -0.39 is 6.10 Å². The molecule has 0 N–H and O–H groups in total. The van der Waals surface area contributed by atoms with Crippen molar-refractivity contribution in [1.29, 1.82) is 0 Å². The van der Waals surface area contributed by atoms with Crippen LogP contribution in [0.5, 0.6) is 0 Å². The lowest BCUT2D eigenvalue weighted by Gasteiger charge is -2.33. The van der Waals surface area contributed by atoms with Gasteiger partial charge in [-0.25, -0.2) is 4.39 Å². The lowest BCUT2D eigenvalue weighted by Crippen LogP contribution is -2.42. The van der Waals surface area contributed by atoms with Crippen LogP contribution in [0.3, 0.4) is 0 Å². The van der Waals surface area contributed by atoms with Gasteiger partial charge in [0.2, 0.25) is 0 Å². The van der Waals surface area contributed by atoms with E-state index in [1.54, 1.807) is 41.4 Å². The second kappa shape index (κ2) is 6.01. The Labute approximate surface area is 122 Å². The van der Waals surface area contributed by atoms with Gasteiger partial charge in [0.1, 0.15) is 11.9 Å². The van der Waals surface area contributed by atoms with Crippen molar-refractivity contribution in [2.24, 2.45) is 0 Å². The molecule has 1 aliphatic rings. The molecule has 1 unspecified atom stereocenters. The Morgan fingerprint density at radius 1 is 1.29 bits per heavy atom. The third-order valence-electron chi connectivity index (χ3n) is 3.51. The number of pyridine rings is 1. The van der Waals surface area contributed by atoms with Gasteiger partial charge in [-0.1, -0.05) is 18.2 Å². The number of benzene rings is 1. The minimum Gasteiger partial charge on any atom is -0.370 e. The molecule has 1 aliphatic heterocycles. The quantitative estimate of drug-likeness (QED) is 0.851. The van der Waals surface area contributed by atoms with Crippen molar-refractivity contribution in [2.45, 2.75) is 6.10 Å². The molecule has 1 aromatic heterocycles. The van der Waals surface area contributed by atoms with Crippen molar-refractivity contribution in [3.8, 4) is 0 Å². The molecule has 1 fully saturated rings. The molecule has 0 saturated carbocycles. The molecule has 1 aromatic carbocycles. The fourth-order valence-electron chi connectivity index (χ4n) is 2.43. The van der Waals surface area contributed by atoms with Crippen LogP contribution >= 0.6 is 0 Å². The van der Waals surface area contributed by atoms with E-state index in [4.69, 9.17) is 4.74 Å². The minimum atomic E-state index is -0.430. The van der Waals surface area contributed by atoms with Crippen LogP contribution in [0.2, 0.25) is 0 Å². The van der Waals surface area contributed by atoms with E-state index >= 15 is 0 Å². The Balaban J connectivity index is 1.77. The number of hydrogen-bond donors (Lipinski definition) is 0. The number of halogens is 1. The van der Waals surface area contributed by atoms with Gasteiger partial charge >= 0.3 is 0 Å². The van der Waals surface area contributed by atoms with Gasteiger partial charge in [-0.05, 0) is 18.2 Å². The number of carbonyl (C=O) groups excluding carboxylic acids is 1. The normalized spacial score (nSPS) is 18.5. The molecule has 1 atom stereocenters. The molecule has 0 bridgehead atoms. The first-order valence-corrected chi connectivity index (χ1v) is 6.81. The molecule has 1 amide bonds. The van der Waals surface area contributed by atoms with E-state index in [0.29, 0.717) is 30.8 Å². The van der Waals surface area contributed by atoms with E-state index in [-0.39, 0.29) is 11.7 Å². The third-order valence-corrected chi connectivity index (χ3v) is 3.51. The van der Waals surface area contributed by atoms with Crippen LogP contribution in [0.25, 0.3) is 0 Å². The van der Waals surface area contributed by atoms with E-state index in [0.717, 1.165) is 0 Å². The van der Waals surface area contributed by atoms with Crippen molar-refractivity contribution in [3.63, 3.8) is 0 Å². The zero-order chi connectivity index (χ0) is 14.7. The number of aromatic nitrogens is 1. The fraction of sp³-hybridized carbons (Fsp3) is 0.250. The van der Waals surface area contributed by atoms with E-state index in [1.807, 2.05) is 0 Å². The van der Waals surface area contributed by atoms with Crippen molar-refractivity contribution in [2.75, 3.05) is 19.7 Å². The number of rotatable bonds is 2. The Hall–Kier alpha value is -2.27. The van der Waals surface area contributed by atoms with Crippen LogP contribution in [0.4, 0.5) is 4.39 Å². The van der Waals surface area contributed by atoms with Crippen LogP contribution in [0.1, 0.15) is 22.0 Å². The van der Waals surface area contributed by atoms with Gasteiger partial charge in [0.25, 0.3) is 5.91 Å². The molecule has 0 aliphatic carbocycles. The summed E-state index contributed by atoms with van der Waals surface area (Å²) < 4.78 is 19.4. The lowest BCUT2D eigenvalue weighted by molar-refractivity contribution is -0.0243. The molecule has 1 saturated heterocycles. The summed E-state index contributed by atoms with van der Waals surface area (Å²) in [4.78, 5) is 18.0. The molecule has 3 rings (SSSR count). The SMILES string of the molecule is O=C(c1cccnc1)N1CCOC(c2ccccc2F)C1. The average molecular weight is 286 g/mol. The zero-order valence-corrected chi connectivity index (χ0v) is 11.4. The van der Waals surface area contributed by atoms with Crippen LogP contribution in [0, 0.1) is 5.82 Å². The van der Waals surface area contributed by atoms with Gasteiger partial charge in [0.05, 0.1) is 18.7 Å². The summed E-state index contributed by atoms with van der Waals surface area (Å²) in [6.07, 6.45) is 2.73. The van der Waals surface area contributed by atoms with Crippen molar-refractivity contribution in [1.82, 2.24) is 9.88 Å². The maximum atomic E-state index is 13.8. The number of amides is 1. The van der Waals surface area contributed by atoms with Crippen LogP contribution < -0.4 is 0 Å². The minimum absolute atomic E-state index is 0.104. The fourth-order valence-corrected chi connectivity index (χ4v) is 2.43. The van der Waals surface area contributed by atoms with Crippen molar-refractivity contribution >= 4 is 5.91 Å². The second-order valence-corrected chi connectivity index (χ2v) is 4.87. The number of ether oxygens (including phenoxy) is 1. The van der Waals surface area contributed by atoms with Gasteiger partial charge in [-0.2, -0.15) is 0 Å². The topological polar surface area (TPSA) is 42.4 Å².